The predicted octanol–water partition coefficient (Wildman–Crippen LogP) is 1.13. The van der Waals surface area contributed by atoms with Gasteiger partial charge in [0.25, 0.3) is 0 Å². The maximum Gasteiger partial charge on any atom is 0.333 e. The van der Waals surface area contributed by atoms with Crippen molar-refractivity contribution in [1.29, 1.82) is 0 Å². The molecule has 92 valence electrons. The summed E-state index contributed by atoms with van der Waals surface area (Å²) < 4.78 is 14.2. The Bertz CT molecular complexity index is 280. The van der Waals surface area contributed by atoms with Crippen molar-refractivity contribution in [2.24, 2.45) is 11.8 Å². The van der Waals surface area contributed by atoms with Crippen LogP contribution in [0.15, 0.2) is 11.8 Å². The first kappa shape index (κ1) is 14.5. The highest BCUT2D eigenvalue weighted by atomic mass is 16.5. The lowest BCUT2D eigenvalue weighted by Crippen LogP contribution is -2.25. The fraction of sp³-hybridized carbons (Fsp3) is 0.636. The molecule has 0 radical (unpaired) electrons. The molecule has 0 saturated carbocycles. The first-order chi connectivity index (χ1) is 7.47. The molecule has 0 amide bonds. The van der Waals surface area contributed by atoms with Crippen LogP contribution in [0.4, 0.5) is 0 Å². The average molecular weight is 230 g/mol. The van der Waals surface area contributed by atoms with Gasteiger partial charge in [-0.1, -0.05) is 13.8 Å². The van der Waals surface area contributed by atoms with Gasteiger partial charge < -0.3 is 14.2 Å². The molecular formula is C11H18O5. The van der Waals surface area contributed by atoms with Crippen molar-refractivity contribution in [3.05, 3.63) is 11.8 Å². The van der Waals surface area contributed by atoms with Crippen molar-refractivity contribution in [1.82, 2.24) is 0 Å². The van der Waals surface area contributed by atoms with Crippen LogP contribution in [0, 0.1) is 11.8 Å². The van der Waals surface area contributed by atoms with Gasteiger partial charge in [0.1, 0.15) is 11.7 Å². The van der Waals surface area contributed by atoms with Gasteiger partial charge in [-0.3, -0.25) is 4.79 Å². The van der Waals surface area contributed by atoms with Gasteiger partial charge in [0.2, 0.25) is 0 Å². The van der Waals surface area contributed by atoms with Crippen molar-refractivity contribution in [2.75, 3.05) is 21.3 Å². The van der Waals surface area contributed by atoms with Gasteiger partial charge in [-0.15, -0.1) is 0 Å². The molecule has 0 heterocycles. The number of hydrogen-bond acceptors (Lipinski definition) is 5. The van der Waals surface area contributed by atoms with E-state index in [1.54, 1.807) is 0 Å². The molecule has 0 aromatic carbocycles. The van der Waals surface area contributed by atoms with E-state index in [9.17, 15) is 9.59 Å². The van der Waals surface area contributed by atoms with E-state index in [1.165, 1.54) is 21.3 Å². The van der Waals surface area contributed by atoms with Crippen LogP contribution in [0.5, 0.6) is 0 Å². The van der Waals surface area contributed by atoms with E-state index < -0.39 is 17.9 Å². The summed E-state index contributed by atoms with van der Waals surface area (Å²) in [5.41, 5.74) is 0. The van der Waals surface area contributed by atoms with E-state index in [0.717, 1.165) is 6.08 Å². The van der Waals surface area contributed by atoms with Gasteiger partial charge in [-0.2, -0.15) is 0 Å². The summed E-state index contributed by atoms with van der Waals surface area (Å²) >= 11 is 0. The number of carbonyl (C=O) groups excluding carboxylic acids is 2. The molecule has 0 aliphatic carbocycles. The predicted molar refractivity (Wildman–Crippen MR) is 57.5 cm³/mol. The number of esters is 2. The highest BCUT2D eigenvalue weighted by Crippen LogP contribution is 2.22. The molecule has 0 aromatic heterocycles. The van der Waals surface area contributed by atoms with Crippen LogP contribution in [-0.4, -0.2) is 33.3 Å². The number of rotatable bonds is 5. The fourth-order valence-corrected chi connectivity index (χ4v) is 1.29. The highest BCUT2D eigenvalue weighted by molar-refractivity contribution is 5.84. The minimum absolute atomic E-state index is 0.0386. The molecular weight excluding hydrogens is 212 g/mol. The average Bonchev–Trinajstić information content (AvgIpc) is 2.26. The van der Waals surface area contributed by atoms with Gasteiger partial charge in [0.15, 0.2) is 0 Å². The molecule has 0 aliphatic rings. The zero-order chi connectivity index (χ0) is 12.7. The number of carbonyl (C=O) groups is 2. The molecule has 5 nitrogen and oxygen atoms in total. The SMILES string of the molecule is COC(=O)/C=C(/OC)C(C(=O)OC)C(C)C. The molecule has 0 aliphatic heterocycles. The molecule has 1 unspecified atom stereocenters. The smallest absolute Gasteiger partial charge is 0.333 e. The molecule has 1 atom stereocenters. The summed E-state index contributed by atoms with van der Waals surface area (Å²) in [6, 6.07) is 0. The third-order valence-corrected chi connectivity index (χ3v) is 2.13. The second kappa shape index (κ2) is 6.87. The Balaban J connectivity index is 5.07. The monoisotopic (exact) mass is 230 g/mol. The Morgan fingerprint density at radius 1 is 1.00 bits per heavy atom. The maximum absolute atomic E-state index is 11.5. The van der Waals surface area contributed by atoms with Crippen LogP contribution in [-0.2, 0) is 23.8 Å². The second-order valence-corrected chi connectivity index (χ2v) is 3.52. The standard InChI is InChI=1S/C11H18O5/c1-7(2)10(11(13)16-5)8(14-3)6-9(12)15-4/h6-7,10H,1-5H3/b8-6+. The van der Waals surface area contributed by atoms with Crippen LogP contribution in [0.25, 0.3) is 0 Å². The summed E-state index contributed by atoms with van der Waals surface area (Å²) in [4.78, 5) is 22.6. The van der Waals surface area contributed by atoms with E-state index in [0.29, 0.717) is 0 Å². The lowest BCUT2D eigenvalue weighted by Gasteiger charge is -2.20. The number of methoxy groups -OCH3 is 3. The Labute approximate surface area is 95.4 Å². The van der Waals surface area contributed by atoms with Gasteiger partial charge in [0, 0.05) is 0 Å². The molecule has 0 bridgehead atoms. The fourth-order valence-electron chi connectivity index (χ4n) is 1.29. The van der Waals surface area contributed by atoms with E-state index in [4.69, 9.17) is 4.74 Å². The Morgan fingerprint density at radius 3 is 1.88 bits per heavy atom. The molecule has 0 saturated heterocycles. The van der Waals surface area contributed by atoms with Crippen molar-refractivity contribution >= 4 is 11.9 Å². The lowest BCUT2D eigenvalue weighted by molar-refractivity contribution is -0.146. The number of ether oxygens (including phenoxy) is 3. The summed E-state index contributed by atoms with van der Waals surface area (Å²) in [7, 11) is 3.95. The molecule has 0 fully saturated rings. The van der Waals surface area contributed by atoms with E-state index >= 15 is 0 Å². The third-order valence-electron chi connectivity index (χ3n) is 2.13. The topological polar surface area (TPSA) is 61.8 Å². The van der Waals surface area contributed by atoms with Gasteiger partial charge >= 0.3 is 11.9 Å². The van der Waals surface area contributed by atoms with E-state index in [2.05, 4.69) is 9.47 Å². The van der Waals surface area contributed by atoms with Crippen molar-refractivity contribution in [3.8, 4) is 0 Å². The van der Waals surface area contributed by atoms with E-state index in [-0.39, 0.29) is 11.7 Å². The van der Waals surface area contributed by atoms with Crippen LogP contribution >= 0.6 is 0 Å². The summed E-state index contributed by atoms with van der Waals surface area (Å²) in [5, 5.41) is 0. The molecule has 0 rings (SSSR count). The lowest BCUT2D eigenvalue weighted by atomic mass is 9.93. The van der Waals surface area contributed by atoms with Crippen LogP contribution < -0.4 is 0 Å². The molecule has 0 N–H and O–H groups in total. The maximum atomic E-state index is 11.5. The quantitative estimate of drug-likeness (QED) is 0.402. The van der Waals surface area contributed by atoms with Crippen LogP contribution in [0.1, 0.15) is 13.8 Å². The first-order valence-corrected chi connectivity index (χ1v) is 4.89. The van der Waals surface area contributed by atoms with E-state index in [1.807, 2.05) is 13.8 Å². The van der Waals surface area contributed by atoms with Gasteiger partial charge in [-0.05, 0) is 5.92 Å². The van der Waals surface area contributed by atoms with Gasteiger partial charge in [0.05, 0.1) is 27.4 Å². The Morgan fingerprint density at radius 2 is 1.56 bits per heavy atom. The molecule has 0 aromatic rings. The Hall–Kier alpha value is -1.52. The molecule has 16 heavy (non-hydrogen) atoms. The van der Waals surface area contributed by atoms with Crippen LogP contribution in [0.2, 0.25) is 0 Å². The first-order valence-electron chi connectivity index (χ1n) is 4.89. The zero-order valence-electron chi connectivity index (χ0n) is 10.3. The number of hydrogen-bond donors (Lipinski definition) is 0. The van der Waals surface area contributed by atoms with Crippen molar-refractivity contribution < 1.29 is 23.8 Å². The zero-order valence-corrected chi connectivity index (χ0v) is 10.3. The second-order valence-electron chi connectivity index (χ2n) is 3.52. The van der Waals surface area contributed by atoms with Crippen molar-refractivity contribution in [2.45, 2.75) is 13.8 Å². The highest BCUT2D eigenvalue weighted by Gasteiger charge is 2.29. The summed E-state index contributed by atoms with van der Waals surface area (Å²) in [6.07, 6.45) is 1.15. The van der Waals surface area contributed by atoms with Gasteiger partial charge in [-0.25, -0.2) is 4.79 Å². The third kappa shape index (κ3) is 3.92. The normalized spacial score (nSPS) is 13.2. The van der Waals surface area contributed by atoms with Crippen LogP contribution in [0.3, 0.4) is 0 Å². The minimum atomic E-state index is -0.603. The minimum Gasteiger partial charge on any atom is -0.500 e. The summed E-state index contributed by atoms with van der Waals surface area (Å²) in [6.45, 7) is 3.68. The molecule has 5 heteroatoms. The summed E-state index contributed by atoms with van der Waals surface area (Å²) in [5.74, 6) is -1.40. The largest absolute Gasteiger partial charge is 0.500 e. The molecule has 0 spiro atoms. The Kier molecular flexibility index (Phi) is 6.22. The van der Waals surface area contributed by atoms with Crippen molar-refractivity contribution in [3.63, 3.8) is 0 Å².